The van der Waals surface area contributed by atoms with Gasteiger partial charge in [0.05, 0.1) is 10.7 Å². The molecule has 0 aliphatic carbocycles. The maximum absolute atomic E-state index is 10.4. The van der Waals surface area contributed by atoms with Crippen LogP contribution in [0, 0.1) is 0 Å². The van der Waals surface area contributed by atoms with Crippen LogP contribution < -0.4 is 9.47 Å². The highest BCUT2D eigenvalue weighted by Gasteiger charge is 2.13. The largest absolute Gasteiger partial charge is 0.486 e. The summed E-state index contributed by atoms with van der Waals surface area (Å²) in [6.45, 7) is 1.18. The molecule has 0 atom stereocenters. The van der Waals surface area contributed by atoms with Gasteiger partial charge in [0.15, 0.2) is 11.5 Å². The molecular formula is C14H13NO3S. The predicted octanol–water partition coefficient (Wildman–Crippen LogP) is 2.71. The first-order chi connectivity index (χ1) is 9.36. The number of ether oxygens (including phenoxy) is 2. The maximum atomic E-state index is 10.4. The van der Waals surface area contributed by atoms with Gasteiger partial charge in [0.2, 0.25) is 0 Å². The van der Waals surface area contributed by atoms with Gasteiger partial charge in [-0.3, -0.25) is 0 Å². The highest BCUT2D eigenvalue weighted by atomic mass is 32.1. The summed E-state index contributed by atoms with van der Waals surface area (Å²) in [7, 11) is 0. The van der Waals surface area contributed by atoms with Crippen LogP contribution in [0.15, 0.2) is 23.6 Å². The maximum Gasteiger partial charge on any atom is 0.162 e. The fraction of sp³-hybridized carbons (Fsp3) is 0.286. The molecule has 1 aromatic heterocycles. The van der Waals surface area contributed by atoms with E-state index in [1.807, 2.05) is 23.6 Å². The molecule has 0 fully saturated rings. The molecule has 0 saturated carbocycles. The summed E-state index contributed by atoms with van der Waals surface area (Å²) in [5.74, 6) is 1.55. The Labute approximate surface area is 115 Å². The van der Waals surface area contributed by atoms with Gasteiger partial charge in [0.25, 0.3) is 0 Å². The third-order valence-corrected chi connectivity index (χ3v) is 3.77. The van der Waals surface area contributed by atoms with Gasteiger partial charge in [-0.05, 0) is 18.2 Å². The van der Waals surface area contributed by atoms with Crippen LogP contribution in [0.5, 0.6) is 11.5 Å². The molecule has 1 aliphatic rings. The van der Waals surface area contributed by atoms with Gasteiger partial charge >= 0.3 is 0 Å². The average Bonchev–Trinajstić information content (AvgIpc) is 2.93. The molecule has 2 heterocycles. The first-order valence-corrected chi connectivity index (χ1v) is 7.03. The zero-order chi connectivity index (χ0) is 13.1. The molecule has 0 bridgehead atoms. The lowest BCUT2D eigenvalue weighted by molar-refractivity contribution is -0.107. The van der Waals surface area contributed by atoms with Crippen LogP contribution in [-0.4, -0.2) is 24.5 Å². The van der Waals surface area contributed by atoms with Crippen LogP contribution >= 0.6 is 11.3 Å². The van der Waals surface area contributed by atoms with Crippen molar-refractivity contribution < 1.29 is 14.3 Å². The monoisotopic (exact) mass is 275 g/mol. The number of aldehydes is 1. The Bertz CT molecular complexity index is 594. The van der Waals surface area contributed by atoms with E-state index in [9.17, 15) is 4.79 Å². The topological polar surface area (TPSA) is 48.4 Å². The van der Waals surface area contributed by atoms with Crippen molar-refractivity contribution >= 4 is 17.6 Å². The summed E-state index contributed by atoms with van der Waals surface area (Å²) >= 11 is 1.58. The van der Waals surface area contributed by atoms with Crippen LogP contribution in [0.4, 0.5) is 0 Å². The van der Waals surface area contributed by atoms with E-state index in [1.54, 1.807) is 11.3 Å². The van der Waals surface area contributed by atoms with Crippen LogP contribution in [0.1, 0.15) is 11.4 Å². The third kappa shape index (κ3) is 2.61. The number of aromatic nitrogens is 1. The molecule has 1 aliphatic heterocycles. The standard InChI is InChI=1S/C14H13NO3S/c16-5-1-2-14-15-11(9-19-14)10-3-4-12-13(8-10)18-7-6-17-12/h3-5,8-9H,1-2,6-7H2. The highest BCUT2D eigenvalue weighted by Crippen LogP contribution is 2.34. The molecule has 0 amide bonds. The molecule has 0 radical (unpaired) electrons. The summed E-state index contributed by atoms with van der Waals surface area (Å²) in [5.41, 5.74) is 1.93. The molecular weight excluding hydrogens is 262 g/mol. The molecule has 1 aromatic carbocycles. The second-order valence-corrected chi connectivity index (χ2v) is 5.13. The summed E-state index contributed by atoms with van der Waals surface area (Å²) in [6.07, 6.45) is 2.15. The summed E-state index contributed by atoms with van der Waals surface area (Å²) in [6, 6.07) is 5.84. The number of rotatable bonds is 4. The summed E-state index contributed by atoms with van der Waals surface area (Å²) in [4.78, 5) is 14.9. The van der Waals surface area contributed by atoms with E-state index in [1.165, 1.54) is 0 Å². The first-order valence-electron chi connectivity index (χ1n) is 6.15. The summed E-state index contributed by atoms with van der Waals surface area (Å²) < 4.78 is 11.1. The Morgan fingerprint density at radius 3 is 2.95 bits per heavy atom. The Balaban J connectivity index is 1.85. The number of hydrogen-bond acceptors (Lipinski definition) is 5. The van der Waals surface area contributed by atoms with Crippen LogP contribution in [-0.2, 0) is 11.2 Å². The molecule has 0 unspecified atom stereocenters. The molecule has 4 nitrogen and oxygen atoms in total. The van der Waals surface area contributed by atoms with Crippen molar-refractivity contribution in [2.45, 2.75) is 12.8 Å². The highest BCUT2D eigenvalue weighted by molar-refractivity contribution is 7.09. The minimum absolute atomic E-state index is 0.522. The van der Waals surface area contributed by atoms with Gasteiger partial charge in [-0.25, -0.2) is 4.98 Å². The Hall–Kier alpha value is -1.88. The number of carbonyl (C=O) groups is 1. The van der Waals surface area contributed by atoms with E-state index < -0.39 is 0 Å². The molecule has 0 N–H and O–H groups in total. The lowest BCUT2D eigenvalue weighted by atomic mass is 10.1. The average molecular weight is 275 g/mol. The number of thiazole rings is 1. The van der Waals surface area contributed by atoms with Gasteiger partial charge in [0, 0.05) is 23.8 Å². The number of aryl methyl sites for hydroxylation is 1. The normalized spacial score (nSPS) is 13.3. The van der Waals surface area contributed by atoms with Crippen LogP contribution in [0.2, 0.25) is 0 Å². The van der Waals surface area contributed by atoms with E-state index in [0.717, 1.165) is 34.1 Å². The van der Waals surface area contributed by atoms with Crippen LogP contribution in [0.3, 0.4) is 0 Å². The van der Waals surface area contributed by atoms with Gasteiger partial charge in [-0.2, -0.15) is 0 Å². The van der Waals surface area contributed by atoms with Crippen molar-refractivity contribution in [2.75, 3.05) is 13.2 Å². The predicted molar refractivity (Wildman–Crippen MR) is 72.9 cm³/mol. The van der Waals surface area contributed by atoms with Gasteiger partial charge in [-0.15, -0.1) is 11.3 Å². The smallest absolute Gasteiger partial charge is 0.162 e. The van der Waals surface area contributed by atoms with E-state index in [0.29, 0.717) is 26.1 Å². The first kappa shape index (κ1) is 12.2. The Morgan fingerprint density at radius 1 is 1.26 bits per heavy atom. The van der Waals surface area contributed by atoms with Crippen molar-refractivity contribution in [1.29, 1.82) is 0 Å². The molecule has 98 valence electrons. The number of hydrogen-bond donors (Lipinski definition) is 0. The number of nitrogens with zero attached hydrogens (tertiary/aromatic N) is 1. The minimum atomic E-state index is 0.522. The van der Waals surface area contributed by atoms with Gasteiger partial charge in [-0.1, -0.05) is 0 Å². The molecule has 5 heteroatoms. The summed E-state index contributed by atoms with van der Waals surface area (Å²) in [5, 5.41) is 2.99. The van der Waals surface area contributed by atoms with E-state index in [-0.39, 0.29) is 0 Å². The minimum Gasteiger partial charge on any atom is -0.486 e. The van der Waals surface area contributed by atoms with Crippen molar-refractivity contribution in [3.8, 4) is 22.8 Å². The number of carbonyl (C=O) groups excluding carboxylic acids is 1. The second kappa shape index (κ2) is 5.40. The zero-order valence-electron chi connectivity index (χ0n) is 10.3. The third-order valence-electron chi connectivity index (χ3n) is 2.87. The number of fused-ring (bicyclic) bond motifs is 1. The van der Waals surface area contributed by atoms with E-state index in [2.05, 4.69) is 4.98 Å². The Morgan fingerprint density at radius 2 is 2.11 bits per heavy atom. The zero-order valence-corrected chi connectivity index (χ0v) is 11.1. The molecule has 0 saturated heterocycles. The van der Waals surface area contributed by atoms with Crippen LogP contribution in [0.25, 0.3) is 11.3 Å². The van der Waals surface area contributed by atoms with E-state index in [4.69, 9.17) is 9.47 Å². The quantitative estimate of drug-likeness (QED) is 0.805. The van der Waals surface area contributed by atoms with Crippen molar-refractivity contribution in [1.82, 2.24) is 4.98 Å². The number of benzene rings is 1. The van der Waals surface area contributed by atoms with Gasteiger partial charge < -0.3 is 14.3 Å². The lowest BCUT2D eigenvalue weighted by Crippen LogP contribution is -2.15. The van der Waals surface area contributed by atoms with Crippen molar-refractivity contribution in [2.24, 2.45) is 0 Å². The molecule has 2 aromatic rings. The fourth-order valence-corrected chi connectivity index (χ4v) is 2.77. The lowest BCUT2D eigenvalue weighted by Gasteiger charge is -2.18. The van der Waals surface area contributed by atoms with E-state index >= 15 is 0 Å². The van der Waals surface area contributed by atoms with Gasteiger partial charge in [0.1, 0.15) is 19.5 Å². The Kier molecular flexibility index (Phi) is 3.46. The van der Waals surface area contributed by atoms with Crippen molar-refractivity contribution in [3.05, 3.63) is 28.6 Å². The fourth-order valence-electron chi connectivity index (χ4n) is 1.94. The van der Waals surface area contributed by atoms with Crippen molar-refractivity contribution in [3.63, 3.8) is 0 Å². The molecule has 19 heavy (non-hydrogen) atoms. The second-order valence-electron chi connectivity index (χ2n) is 4.19. The molecule has 0 spiro atoms. The SMILES string of the molecule is O=CCCc1nc(-c2ccc3c(c2)OCCO3)cs1. The molecule has 3 rings (SSSR count).